The molecule has 0 spiro atoms. The Morgan fingerprint density at radius 1 is 1.04 bits per heavy atom. The predicted octanol–water partition coefficient (Wildman–Crippen LogP) is 1.94. The van der Waals surface area contributed by atoms with E-state index in [0.29, 0.717) is 28.6 Å². The second kappa shape index (κ2) is 9.81. The predicted molar refractivity (Wildman–Crippen MR) is 101 cm³/mol. The standard InChI is InChI=1S/C19H20N2O7/c1-25-15-8-13(9-16(26-2)18(15)27-3)19(24)21-20-10-12-4-6-14(7-5-12)28-11-17(22)23/h4-10H,11H2,1-3H3,(H,21,24)(H,22,23)/b20-10-. The van der Waals surface area contributed by atoms with Gasteiger partial charge < -0.3 is 24.1 Å². The smallest absolute Gasteiger partial charge is 0.341 e. The van der Waals surface area contributed by atoms with Gasteiger partial charge in [0, 0.05) is 5.56 Å². The van der Waals surface area contributed by atoms with E-state index in [4.69, 9.17) is 24.1 Å². The number of carboxylic acids is 1. The van der Waals surface area contributed by atoms with Gasteiger partial charge in [-0.3, -0.25) is 4.79 Å². The van der Waals surface area contributed by atoms with Crippen LogP contribution in [0.1, 0.15) is 15.9 Å². The van der Waals surface area contributed by atoms with Crippen LogP contribution in [-0.2, 0) is 4.79 Å². The molecule has 0 unspecified atom stereocenters. The van der Waals surface area contributed by atoms with Gasteiger partial charge in [-0.05, 0) is 42.0 Å². The first-order valence-corrected chi connectivity index (χ1v) is 8.06. The molecule has 0 aromatic heterocycles. The third-order valence-electron chi connectivity index (χ3n) is 3.55. The van der Waals surface area contributed by atoms with Gasteiger partial charge in [-0.25, -0.2) is 10.2 Å². The molecule has 2 rings (SSSR count). The Morgan fingerprint density at radius 3 is 2.14 bits per heavy atom. The number of rotatable bonds is 9. The number of carbonyl (C=O) groups excluding carboxylic acids is 1. The van der Waals surface area contributed by atoms with Crippen LogP contribution in [0.5, 0.6) is 23.0 Å². The van der Waals surface area contributed by atoms with Crippen molar-refractivity contribution < 1.29 is 33.6 Å². The number of hydrazone groups is 1. The van der Waals surface area contributed by atoms with Crippen LogP contribution in [0.4, 0.5) is 0 Å². The minimum atomic E-state index is -1.06. The molecule has 2 aromatic rings. The lowest BCUT2D eigenvalue weighted by molar-refractivity contribution is -0.139. The summed E-state index contributed by atoms with van der Waals surface area (Å²) in [5.74, 6) is -0.00539. The molecule has 9 nitrogen and oxygen atoms in total. The van der Waals surface area contributed by atoms with Crippen LogP contribution in [0.3, 0.4) is 0 Å². The highest BCUT2D eigenvalue weighted by Gasteiger charge is 2.16. The Hall–Kier alpha value is -3.75. The normalized spacial score (nSPS) is 10.4. The first-order valence-electron chi connectivity index (χ1n) is 8.06. The summed E-state index contributed by atoms with van der Waals surface area (Å²) < 4.78 is 20.7. The fraction of sp³-hybridized carbons (Fsp3) is 0.211. The molecule has 0 saturated heterocycles. The summed E-state index contributed by atoms with van der Waals surface area (Å²) in [5, 5.41) is 12.5. The van der Waals surface area contributed by atoms with Crippen molar-refractivity contribution in [3.8, 4) is 23.0 Å². The van der Waals surface area contributed by atoms with Crippen molar-refractivity contribution >= 4 is 18.1 Å². The van der Waals surface area contributed by atoms with E-state index < -0.39 is 18.5 Å². The molecule has 0 fully saturated rings. The average Bonchev–Trinajstić information content (AvgIpc) is 2.71. The van der Waals surface area contributed by atoms with E-state index in [9.17, 15) is 9.59 Å². The number of nitrogens with one attached hydrogen (secondary N) is 1. The number of aliphatic carboxylic acids is 1. The lowest BCUT2D eigenvalue weighted by Crippen LogP contribution is -2.18. The van der Waals surface area contributed by atoms with E-state index in [0.717, 1.165) is 0 Å². The fourth-order valence-corrected chi connectivity index (χ4v) is 2.24. The monoisotopic (exact) mass is 388 g/mol. The molecule has 0 aliphatic carbocycles. The lowest BCUT2D eigenvalue weighted by atomic mass is 10.1. The fourth-order valence-electron chi connectivity index (χ4n) is 2.24. The molecule has 148 valence electrons. The van der Waals surface area contributed by atoms with Crippen molar-refractivity contribution in [2.24, 2.45) is 5.10 Å². The quantitative estimate of drug-likeness (QED) is 0.498. The van der Waals surface area contributed by atoms with Crippen molar-refractivity contribution in [3.63, 3.8) is 0 Å². The Labute approximate surface area is 161 Å². The summed E-state index contributed by atoms with van der Waals surface area (Å²) in [4.78, 5) is 22.8. The second-order valence-electron chi connectivity index (χ2n) is 5.36. The number of hydrogen-bond donors (Lipinski definition) is 2. The number of hydrogen-bond acceptors (Lipinski definition) is 7. The molecule has 0 saturated carbocycles. The highest BCUT2D eigenvalue weighted by molar-refractivity contribution is 5.96. The largest absolute Gasteiger partial charge is 0.493 e. The van der Waals surface area contributed by atoms with Crippen LogP contribution >= 0.6 is 0 Å². The maximum atomic E-state index is 12.3. The van der Waals surface area contributed by atoms with Gasteiger partial charge in [0.2, 0.25) is 5.75 Å². The summed E-state index contributed by atoms with van der Waals surface area (Å²) in [6.45, 7) is -0.418. The maximum Gasteiger partial charge on any atom is 0.341 e. The number of ether oxygens (including phenoxy) is 4. The van der Waals surface area contributed by atoms with Crippen LogP contribution in [0.15, 0.2) is 41.5 Å². The van der Waals surface area contributed by atoms with Crippen molar-refractivity contribution in [3.05, 3.63) is 47.5 Å². The van der Waals surface area contributed by atoms with E-state index >= 15 is 0 Å². The first-order chi connectivity index (χ1) is 13.5. The van der Waals surface area contributed by atoms with Gasteiger partial charge in [-0.1, -0.05) is 0 Å². The van der Waals surface area contributed by atoms with E-state index in [1.54, 1.807) is 24.3 Å². The summed E-state index contributed by atoms with van der Waals surface area (Å²) in [5.41, 5.74) is 3.38. The molecule has 2 aromatic carbocycles. The molecule has 0 aliphatic rings. The first kappa shape index (κ1) is 20.6. The number of amides is 1. The number of carbonyl (C=O) groups is 2. The molecule has 0 aliphatic heterocycles. The molecular formula is C19H20N2O7. The van der Waals surface area contributed by atoms with Gasteiger partial charge in [0.05, 0.1) is 27.5 Å². The van der Waals surface area contributed by atoms with Gasteiger partial charge in [-0.15, -0.1) is 0 Å². The summed E-state index contributed by atoms with van der Waals surface area (Å²) in [7, 11) is 4.39. The molecule has 0 bridgehead atoms. The van der Waals surface area contributed by atoms with E-state index in [1.165, 1.54) is 39.7 Å². The SMILES string of the molecule is COc1cc(C(=O)N/N=C\c2ccc(OCC(=O)O)cc2)cc(OC)c1OC. The van der Waals surface area contributed by atoms with Gasteiger partial charge in [0.25, 0.3) is 5.91 Å². The third-order valence-corrected chi connectivity index (χ3v) is 3.55. The van der Waals surface area contributed by atoms with Crippen LogP contribution in [0.2, 0.25) is 0 Å². The molecule has 28 heavy (non-hydrogen) atoms. The number of benzene rings is 2. The summed E-state index contributed by atoms with van der Waals surface area (Å²) >= 11 is 0. The van der Waals surface area contributed by atoms with E-state index in [1.807, 2.05) is 0 Å². The molecular weight excluding hydrogens is 368 g/mol. The molecule has 1 amide bonds. The van der Waals surface area contributed by atoms with Crippen LogP contribution in [0, 0.1) is 0 Å². The average molecular weight is 388 g/mol. The highest BCUT2D eigenvalue weighted by atomic mass is 16.5. The minimum absolute atomic E-state index is 0.282. The molecule has 9 heteroatoms. The maximum absolute atomic E-state index is 12.3. The zero-order valence-corrected chi connectivity index (χ0v) is 15.6. The zero-order chi connectivity index (χ0) is 20.5. The van der Waals surface area contributed by atoms with Crippen molar-refractivity contribution in [2.75, 3.05) is 27.9 Å². The number of methoxy groups -OCH3 is 3. The molecule has 0 heterocycles. The molecule has 2 N–H and O–H groups in total. The van der Waals surface area contributed by atoms with Crippen LogP contribution in [0.25, 0.3) is 0 Å². The number of carboxylic acid groups (broad SMARTS) is 1. The van der Waals surface area contributed by atoms with Crippen LogP contribution in [-0.4, -0.2) is 51.1 Å². The van der Waals surface area contributed by atoms with Gasteiger partial charge >= 0.3 is 5.97 Å². The third kappa shape index (κ3) is 5.37. The zero-order valence-electron chi connectivity index (χ0n) is 15.6. The van der Waals surface area contributed by atoms with Gasteiger partial charge in [0.15, 0.2) is 18.1 Å². The van der Waals surface area contributed by atoms with Crippen molar-refractivity contribution in [2.45, 2.75) is 0 Å². The summed E-state index contributed by atoms with van der Waals surface area (Å²) in [6.07, 6.45) is 1.44. The molecule has 0 radical (unpaired) electrons. The lowest BCUT2D eigenvalue weighted by Gasteiger charge is -2.13. The van der Waals surface area contributed by atoms with Gasteiger partial charge in [-0.2, -0.15) is 5.10 Å². The second-order valence-corrected chi connectivity index (χ2v) is 5.36. The highest BCUT2D eigenvalue weighted by Crippen LogP contribution is 2.38. The minimum Gasteiger partial charge on any atom is -0.493 e. The number of nitrogens with zero attached hydrogens (tertiary/aromatic N) is 1. The Bertz CT molecular complexity index is 838. The van der Waals surface area contributed by atoms with Crippen molar-refractivity contribution in [1.29, 1.82) is 0 Å². The van der Waals surface area contributed by atoms with Crippen molar-refractivity contribution in [1.82, 2.24) is 5.43 Å². The Kier molecular flexibility index (Phi) is 7.21. The Balaban J connectivity index is 2.04. The molecule has 0 atom stereocenters. The van der Waals surface area contributed by atoms with E-state index in [-0.39, 0.29) is 5.56 Å². The van der Waals surface area contributed by atoms with Crippen LogP contribution < -0.4 is 24.4 Å². The van der Waals surface area contributed by atoms with Gasteiger partial charge in [0.1, 0.15) is 5.75 Å². The Morgan fingerprint density at radius 2 is 1.64 bits per heavy atom. The summed E-state index contributed by atoms with van der Waals surface area (Å²) in [6, 6.07) is 9.58. The van der Waals surface area contributed by atoms with E-state index in [2.05, 4.69) is 10.5 Å². The topological polar surface area (TPSA) is 116 Å².